The second-order valence-electron chi connectivity index (χ2n) is 6.67. The van der Waals surface area contributed by atoms with Crippen molar-refractivity contribution in [2.24, 2.45) is 17.8 Å². The van der Waals surface area contributed by atoms with Gasteiger partial charge in [-0.15, -0.1) is 0 Å². The highest BCUT2D eigenvalue weighted by Gasteiger charge is 2.34. The van der Waals surface area contributed by atoms with Gasteiger partial charge in [-0.1, -0.05) is 42.8 Å². The van der Waals surface area contributed by atoms with E-state index in [1.807, 2.05) is 0 Å². The summed E-state index contributed by atoms with van der Waals surface area (Å²) in [6.07, 6.45) is 9.78. The number of nitrogens with zero attached hydrogens (tertiary/aromatic N) is 1. The summed E-state index contributed by atoms with van der Waals surface area (Å²) in [5, 5.41) is 0. The Balaban J connectivity index is 1.72. The Hall–Kier alpha value is -1.50. The Morgan fingerprint density at radius 3 is 2.65 bits per heavy atom. The number of aryl methyl sites for hydroxylation is 1. The fourth-order valence-electron chi connectivity index (χ4n) is 3.75. The summed E-state index contributed by atoms with van der Waals surface area (Å²) >= 11 is 0. The van der Waals surface area contributed by atoms with Crippen LogP contribution in [0.4, 0.5) is 5.69 Å². The molecule has 0 amide bonds. The van der Waals surface area contributed by atoms with Gasteiger partial charge in [0, 0.05) is 19.3 Å². The minimum absolute atomic E-state index is 0.780. The number of hydrogen-bond acceptors (Lipinski definition) is 1. The van der Waals surface area contributed by atoms with E-state index in [-0.39, 0.29) is 0 Å². The number of anilines is 1. The van der Waals surface area contributed by atoms with Gasteiger partial charge in [-0.3, -0.25) is 0 Å². The molecule has 106 valence electrons. The van der Waals surface area contributed by atoms with Gasteiger partial charge in [-0.25, -0.2) is 0 Å². The van der Waals surface area contributed by atoms with Gasteiger partial charge in [0.1, 0.15) is 0 Å². The molecular weight excluding hydrogens is 242 g/mol. The van der Waals surface area contributed by atoms with Crippen LogP contribution in [0.5, 0.6) is 0 Å². The van der Waals surface area contributed by atoms with Gasteiger partial charge < -0.3 is 4.90 Å². The van der Waals surface area contributed by atoms with E-state index in [2.05, 4.69) is 68.3 Å². The van der Waals surface area contributed by atoms with E-state index >= 15 is 0 Å². The number of fused-ring (bicyclic) bond motifs is 1. The lowest BCUT2D eigenvalue weighted by Gasteiger charge is -2.28. The molecule has 1 nitrogen and oxygen atoms in total. The summed E-state index contributed by atoms with van der Waals surface area (Å²) in [7, 11) is 2.21. The molecule has 3 rings (SSSR count). The average Bonchev–Trinajstić information content (AvgIpc) is 2.81. The van der Waals surface area contributed by atoms with E-state index in [0.29, 0.717) is 0 Å². The molecule has 0 N–H and O–H groups in total. The van der Waals surface area contributed by atoms with Gasteiger partial charge in [0.15, 0.2) is 0 Å². The molecule has 1 saturated carbocycles. The van der Waals surface area contributed by atoms with Crippen molar-refractivity contribution in [2.45, 2.75) is 26.7 Å². The molecule has 1 heteroatoms. The third-order valence-electron chi connectivity index (χ3n) is 4.89. The third kappa shape index (κ3) is 2.67. The van der Waals surface area contributed by atoms with Gasteiger partial charge in [0.2, 0.25) is 0 Å². The smallest absolute Gasteiger partial charge is 0.0391 e. The molecule has 0 radical (unpaired) electrons. The van der Waals surface area contributed by atoms with Gasteiger partial charge in [-0.05, 0) is 55.2 Å². The van der Waals surface area contributed by atoms with Crippen LogP contribution in [0, 0.1) is 24.7 Å². The van der Waals surface area contributed by atoms with Crippen LogP contribution >= 0.6 is 0 Å². The van der Waals surface area contributed by atoms with Crippen LogP contribution in [0.2, 0.25) is 0 Å². The topological polar surface area (TPSA) is 3.24 Å². The Kier molecular flexibility index (Phi) is 3.69. The summed E-state index contributed by atoms with van der Waals surface area (Å²) in [6.45, 7) is 5.59. The molecule has 3 unspecified atom stereocenters. The predicted molar refractivity (Wildman–Crippen MR) is 87.1 cm³/mol. The third-order valence-corrected chi connectivity index (χ3v) is 4.89. The van der Waals surface area contributed by atoms with Crippen molar-refractivity contribution < 1.29 is 0 Å². The fourth-order valence-corrected chi connectivity index (χ4v) is 3.75. The number of allylic oxidation sites excluding steroid dienone is 3. The van der Waals surface area contributed by atoms with Crippen LogP contribution in [-0.2, 0) is 0 Å². The maximum absolute atomic E-state index is 2.42. The molecular formula is C19H25N. The summed E-state index contributed by atoms with van der Waals surface area (Å²) in [4.78, 5) is 2.38. The van der Waals surface area contributed by atoms with Crippen LogP contribution < -0.4 is 4.90 Å². The molecule has 0 spiro atoms. The van der Waals surface area contributed by atoms with E-state index in [1.54, 1.807) is 5.57 Å². The molecule has 1 aromatic carbocycles. The molecule has 3 atom stereocenters. The van der Waals surface area contributed by atoms with Crippen molar-refractivity contribution >= 4 is 5.69 Å². The maximum Gasteiger partial charge on any atom is 0.0391 e. The maximum atomic E-state index is 2.42. The highest BCUT2D eigenvalue weighted by molar-refractivity contribution is 5.48. The van der Waals surface area contributed by atoms with Crippen molar-refractivity contribution in [3.63, 3.8) is 0 Å². The Morgan fingerprint density at radius 2 is 1.90 bits per heavy atom. The molecule has 0 saturated heterocycles. The Bertz CT molecular complexity index is 523. The molecule has 1 aromatic rings. The van der Waals surface area contributed by atoms with Crippen molar-refractivity contribution in [3.8, 4) is 0 Å². The van der Waals surface area contributed by atoms with Crippen LogP contribution in [0.15, 0.2) is 48.1 Å². The van der Waals surface area contributed by atoms with Gasteiger partial charge in [-0.2, -0.15) is 0 Å². The second kappa shape index (κ2) is 5.47. The van der Waals surface area contributed by atoms with Crippen LogP contribution in [-0.4, -0.2) is 13.6 Å². The van der Waals surface area contributed by atoms with Crippen molar-refractivity contribution in [1.29, 1.82) is 0 Å². The number of hydrogen-bond donors (Lipinski definition) is 0. The van der Waals surface area contributed by atoms with E-state index in [4.69, 9.17) is 0 Å². The molecule has 0 bridgehead atoms. The standard InChI is InChI=1S/C19H25N/c1-14-7-9-18(10-8-14)20(3)13-17-6-4-5-16-11-15(2)12-19(16)17/h4-10,15-16,19H,11-13H2,1-3H3. The summed E-state index contributed by atoms with van der Waals surface area (Å²) in [6, 6.07) is 8.84. The number of rotatable bonds is 3. The van der Waals surface area contributed by atoms with Crippen molar-refractivity contribution in [1.82, 2.24) is 0 Å². The average molecular weight is 267 g/mol. The van der Waals surface area contributed by atoms with Gasteiger partial charge >= 0.3 is 0 Å². The molecule has 2 aliphatic carbocycles. The summed E-state index contributed by atoms with van der Waals surface area (Å²) in [5.74, 6) is 2.44. The minimum atomic E-state index is 0.780. The van der Waals surface area contributed by atoms with Crippen LogP contribution in [0.25, 0.3) is 0 Å². The van der Waals surface area contributed by atoms with Gasteiger partial charge in [0.05, 0.1) is 0 Å². The first-order valence-corrected chi connectivity index (χ1v) is 7.78. The first kappa shape index (κ1) is 13.5. The largest absolute Gasteiger partial charge is 0.371 e. The van der Waals surface area contributed by atoms with E-state index in [0.717, 1.165) is 24.3 Å². The second-order valence-corrected chi connectivity index (χ2v) is 6.67. The summed E-state index contributed by atoms with van der Waals surface area (Å²) < 4.78 is 0. The van der Waals surface area contributed by atoms with Crippen LogP contribution in [0.3, 0.4) is 0 Å². The monoisotopic (exact) mass is 267 g/mol. The zero-order valence-corrected chi connectivity index (χ0v) is 12.8. The molecule has 0 aliphatic heterocycles. The van der Waals surface area contributed by atoms with E-state index < -0.39 is 0 Å². The lowest BCUT2D eigenvalue weighted by atomic mass is 9.84. The first-order chi connectivity index (χ1) is 9.63. The highest BCUT2D eigenvalue weighted by Crippen LogP contribution is 2.43. The molecule has 1 fully saturated rings. The van der Waals surface area contributed by atoms with Crippen molar-refractivity contribution in [2.75, 3.05) is 18.5 Å². The van der Waals surface area contributed by atoms with E-state index in [1.165, 1.54) is 24.1 Å². The molecule has 20 heavy (non-hydrogen) atoms. The fraction of sp³-hybridized carbons (Fsp3) is 0.474. The Labute approximate surface area is 123 Å². The number of benzene rings is 1. The van der Waals surface area contributed by atoms with E-state index in [9.17, 15) is 0 Å². The van der Waals surface area contributed by atoms with Gasteiger partial charge in [0.25, 0.3) is 0 Å². The quantitative estimate of drug-likeness (QED) is 0.774. The predicted octanol–water partition coefficient (Wildman–Crippen LogP) is 4.59. The Morgan fingerprint density at radius 1 is 1.15 bits per heavy atom. The minimum Gasteiger partial charge on any atom is -0.371 e. The molecule has 0 aromatic heterocycles. The number of likely N-dealkylation sites (N-methyl/N-ethyl adjacent to an activating group) is 1. The highest BCUT2D eigenvalue weighted by atomic mass is 15.1. The van der Waals surface area contributed by atoms with Crippen molar-refractivity contribution in [3.05, 3.63) is 53.6 Å². The molecule has 2 aliphatic rings. The lowest BCUT2D eigenvalue weighted by molar-refractivity contribution is 0.512. The SMILES string of the molecule is Cc1ccc(N(C)CC2=CC=CC3CC(C)CC23)cc1. The zero-order chi connectivity index (χ0) is 14.1. The normalized spacial score (nSPS) is 28.1. The summed E-state index contributed by atoms with van der Waals surface area (Å²) in [5.41, 5.74) is 4.25. The van der Waals surface area contributed by atoms with Crippen LogP contribution in [0.1, 0.15) is 25.3 Å². The molecule has 0 heterocycles. The zero-order valence-electron chi connectivity index (χ0n) is 12.8. The first-order valence-electron chi connectivity index (χ1n) is 7.78. The lowest BCUT2D eigenvalue weighted by Crippen LogP contribution is -2.25.